The third kappa shape index (κ3) is 4.59. The zero-order chi connectivity index (χ0) is 14.4. The highest BCUT2D eigenvalue weighted by molar-refractivity contribution is 5.92. The second-order valence-electron chi connectivity index (χ2n) is 4.29. The van der Waals surface area contributed by atoms with Crippen LogP contribution in [0.5, 0.6) is 0 Å². The molecule has 0 aliphatic heterocycles. The van der Waals surface area contributed by atoms with Gasteiger partial charge in [0.2, 0.25) is 0 Å². The van der Waals surface area contributed by atoms with E-state index in [1.165, 1.54) is 12.1 Å². The van der Waals surface area contributed by atoms with Crippen LogP contribution in [-0.2, 0) is 4.74 Å². The maximum Gasteiger partial charge on any atom is 0.335 e. The fourth-order valence-corrected chi connectivity index (χ4v) is 1.61. The van der Waals surface area contributed by atoms with Crippen molar-refractivity contribution in [1.29, 1.82) is 0 Å². The summed E-state index contributed by atoms with van der Waals surface area (Å²) in [5.41, 5.74) is 1.46. The lowest BCUT2D eigenvalue weighted by atomic mass is 10.1. The minimum Gasteiger partial charge on any atom is -0.478 e. The maximum atomic E-state index is 11.7. The van der Waals surface area contributed by atoms with E-state index in [-0.39, 0.29) is 17.6 Å². The number of nitrogens with one attached hydrogen (secondary N) is 2. The third-order valence-electron chi connectivity index (χ3n) is 2.52. The van der Waals surface area contributed by atoms with Crippen molar-refractivity contribution < 1.29 is 19.4 Å². The Bertz CT molecular complexity index is 474. The van der Waals surface area contributed by atoms with Crippen LogP contribution in [0.1, 0.15) is 22.8 Å². The Kier molecular flexibility index (Phi) is 5.32. The van der Waals surface area contributed by atoms with Gasteiger partial charge in [0, 0.05) is 12.8 Å². The van der Waals surface area contributed by atoms with E-state index < -0.39 is 5.97 Å². The molecule has 0 aliphatic rings. The van der Waals surface area contributed by atoms with Crippen LogP contribution >= 0.6 is 0 Å². The molecule has 1 aromatic carbocycles. The van der Waals surface area contributed by atoms with Gasteiger partial charge in [0.25, 0.3) is 0 Å². The first-order valence-electron chi connectivity index (χ1n) is 5.84. The summed E-state index contributed by atoms with van der Waals surface area (Å²) in [5.74, 6) is -0.993. The molecule has 2 amide bonds. The van der Waals surface area contributed by atoms with E-state index in [1.54, 1.807) is 20.1 Å². The minimum atomic E-state index is -0.993. The topological polar surface area (TPSA) is 87.7 Å². The first kappa shape index (κ1) is 15.0. The van der Waals surface area contributed by atoms with Crippen LogP contribution in [-0.4, -0.2) is 36.9 Å². The molecule has 0 saturated carbocycles. The number of urea groups is 1. The number of carbonyl (C=O) groups is 2. The van der Waals surface area contributed by atoms with Gasteiger partial charge in [-0.3, -0.25) is 0 Å². The standard InChI is InChI=1S/C13H18N2O4/c1-8-6-10(12(16)17)4-5-11(8)15-13(18)14-9(2)7-19-3/h4-6,9H,7H2,1-3H3,(H,16,17)(H2,14,15,18). The SMILES string of the molecule is COCC(C)NC(=O)Nc1ccc(C(=O)O)cc1C. The highest BCUT2D eigenvalue weighted by Gasteiger charge is 2.10. The molecule has 1 atom stereocenters. The van der Waals surface area contributed by atoms with E-state index in [9.17, 15) is 9.59 Å². The van der Waals surface area contributed by atoms with Gasteiger partial charge in [0.1, 0.15) is 0 Å². The molecule has 6 nitrogen and oxygen atoms in total. The second kappa shape index (κ2) is 6.75. The van der Waals surface area contributed by atoms with Crippen molar-refractivity contribution >= 4 is 17.7 Å². The molecular formula is C13H18N2O4. The average Bonchev–Trinajstić information content (AvgIpc) is 2.31. The number of carboxylic acid groups (broad SMARTS) is 1. The van der Waals surface area contributed by atoms with Crippen molar-refractivity contribution in [3.63, 3.8) is 0 Å². The number of methoxy groups -OCH3 is 1. The molecule has 0 aromatic heterocycles. The molecule has 104 valence electrons. The van der Waals surface area contributed by atoms with Gasteiger partial charge in [0.05, 0.1) is 18.2 Å². The minimum absolute atomic E-state index is 0.108. The van der Waals surface area contributed by atoms with Crippen LogP contribution in [0.25, 0.3) is 0 Å². The van der Waals surface area contributed by atoms with E-state index in [4.69, 9.17) is 9.84 Å². The number of rotatable bonds is 5. The zero-order valence-electron chi connectivity index (χ0n) is 11.2. The van der Waals surface area contributed by atoms with Crippen LogP contribution in [0.2, 0.25) is 0 Å². The summed E-state index contributed by atoms with van der Waals surface area (Å²) in [6.07, 6.45) is 0. The van der Waals surface area contributed by atoms with Crippen molar-refractivity contribution in [1.82, 2.24) is 5.32 Å². The Hall–Kier alpha value is -2.08. The smallest absolute Gasteiger partial charge is 0.335 e. The van der Waals surface area contributed by atoms with E-state index in [1.807, 2.05) is 6.92 Å². The van der Waals surface area contributed by atoms with Crippen molar-refractivity contribution in [2.75, 3.05) is 19.0 Å². The molecule has 1 unspecified atom stereocenters. The molecular weight excluding hydrogens is 248 g/mol. The summed E-state index contributed by atoms with van der Waals surface area (Å²) < 4.78 is 4.91. The molecule has 0 radical (unpaired) electrons. The number of benzene rings is 1. The molecule has 0 bridgehead atoms. The predicted molar refractivity (Wildman–Crippen MR) is 71.6 cm³/mol. The quantitative estimate of drug-likeness (QED) is 0.759. The van der Waals surface area contributed by atoms with E-state index >= 15 is 0 Å². The number of carbonyl (C=O) groups excluding carboxylic acids is 1. The van der Waals surface area contributed by atoms with E-state index in [2.05, 4.69) is 10.6 Å². The summed E-state index contributed by atoms with van der Waals surface area (Å²) in [7, 11) is 1.56. The Labute approximate surface area is 111 Å². The highest BCUT2D eigenvalue weighted by atomic mass is 16.5. The van der Waals surface area contributed by atoms with Crippen LogP contribution in [0.3, 0.4) is 0 Å². The summed E-state index contributed by atoms with van der Waals surface area (Å²) in [5, 5.41) is 14.2. The summed E-state index contributed by atoms with van der Waals surface area (Å²) in [6, 6.07) is 4.07. The predicted octanol–water partition coefficient (Wildman–Crippen LogP) is 1.85. The van der Waals surface area contributed by atoms with E-state index in [0.29, 0.717) is 17.9 Å². The Morgan fingerprint density at radius 1 is 1.42 bits per heavy atom. The second-order valence-corrected chi connectivity index (χ2v) is 4.29. The van der Waals surface area contributed by atoms with Crippen LogP contribution < -0.4 is 10.6 Å². The van der Waals surface area contributed by atoms with Crippen molar-refractivity contribution in [2.24, 2.45) is 0 Å². The summed E-state index contributed by atoms with van der Waals surface area (Å²) in [6.45, 7) is 3.98. The van der Waals surface area contributed by atoms with Crippen molar-refractivity contribution in [2.45, 2.75) is 19.9 Å². The number of anilines is 1. The molecule has 0 saturated heterocycles. The Morgan fingerprint density at radius 2 is 2.11 bits per heavy atom. The number of aromatic carboxylic acids is 1. The number of ether oxygens (including phenoxy) is 1. The first-order valence-corrected chi connectivity index (χ1v) is 5.84. The van der Waals surface area contributed by atoms with Gasteiger partial charge in [-0.15, -0.1) is 0 Å². The van der Waals surface area contributed by atoms with E-state index in [0.717, 1.165) is 0 Å². The van der Waals surface area contributed by atoms with Gasteiger partial charge in [-0.25, -0.2) is 9.59 Å². The van der Waals surface area contributed by atoms with Gasteiger partial charge in [0.15, 0.2) is 0 Å². The number of amides is 2. The monoisotopic (exact) mass is 266 g/mol. The number of hydrogen-bond donors (Lipinski definition) is 3. The molecule has 1 aromatic rings. The van der Waals surface area contributed by atoms with Gasteiger partial charge in [-0.05, 0) is 37.6 Å². The highest BCUT2D eigenvalue weighted by Crippen LogP contribution is 2.16. The molecule has 0 aliphatic carbocycles. The zero-order valence-corrected chi connectivity index (χ0v) is 11.2. The van der Waals surface area contributed by atoms with Gasteiger partial charge in [-0.1, -0.05) is 0 Å². The van der Waals surface area contributed by atoms with Crippen LogP contribution in [0.15, 0.2) is 18.2 Å². The van der Waals surface area contributed by atoms with Crippen molar-refractivity contribution in [3.05, 3.63) is 29.3 Å². The molecule has 0 heterocycles. The maximum absolute atomic E-state index is 11.7. The lowest BCUT2D eigenvalue weighted by molar-refractivity contribution is 0.0697. The van der Waals surface area contributed by atoms with Gasteiger partial charge in [-0.2, -0.15) is 0 Å². The number of hydrogen-bond acceptors (Lipinski definition) is 3. The molecule has 6 heteroatoms. The fraction of sp³-hybridized carbons (Fsp3) is 0.385. The Morgan fingerprint density at radius 3 is 2.63 bits per heavy atom. The Balaban J connectivity index is 2.67. The van der Waals surface area contributed by atoms with Crippen LogP contribution in [0.4, 0.5) is 10.5 Å². The van der Waals surface area contributed by atoms with Crippen LogP contribution in [0, 0.1) is 6.92 Å². The third-order valence-corrected chi connectivity index (χ3v) is 2.52. The summed E-state index contributed by atoms with van der Waals surface area (Å²) in [4.78, 5) is 22.5. The van der Waals surface area contributed by atoms with Gasteiger partial charge < -0.3 is 20.5 Å². The molecule has 0 spiro atoms. The van der Waals surface area contributed by atoms with Gasteiger partial charge >= 0.3 is 12.0 Å². The fourth-order valence-electron chi connectivity index (χ4n) is 1.61. The number of carboxylic acids is 1. The molecule has 1 rings (SSSR count). The number of aryl methyl sites for hydroxylation is 1. The molecule has 3 N–H and O–H groups in total. The summed E-state index contributed by atoms with van der Waals surface area (Å²) >= 11 is 0. The molecule has 0 fully saturated rings. The molecule has 19 heavy (non-hydrogen) atoms. The normalized spacial score (nSPS) is 11.7. The first-order chi connectivity index (χ1) is 8.93. The van der Waals surface area contributed by atoms with Crippen molar-refractivity contribution in [3.8, 4) is 0 Å². The largest absolute Gasteiger partial charge is 0.478 e. The lowest BCUT2D eigenvalue weighted by Gasteiger charge is -2.14. The average molecular weight is 266 g/mol. The lowest BCUT2D eigenvalue weighted by Crippen LogP contribution is -2.38.